The molecule has 6 nitrogen and oxygen atoms in total. The number of guanidine groups is 1. The fourth-order valence-corrected chi connectivity index (χ4v) is 5.12. The molecule has 4 aromatic carbocycles. The normalized spacial score (nSPS) is 14.4. The number of thiocarbonyl (C=S) groups is 1. The number of nitro benzene ring substituents is 1. The molecule has 0 aliphatic carbocycles. The Morgan fingerprint density at radius 2 is 1.33 bits per heavy atom. The topological polar surface area (TPSA) is 70.8 Å². The van der Waals surface area contributed by atoms with E-state index in [0.717, 1.165) is 27.9 Å². The first-order chi connectivity index (χ1) is 17.4. The number of aryl methyl sites for hydroxylation is 2. The summed E-state index contributed by atoms with van der Waals surface area (Å²) in [4.78, 5) is 18.7. The van der Waals surface area contributed by atoms with Gasteiger partial charge in [0.25, 0.3) is 5.69 Å². The van der Waals surface area contributed by atoms with E-state index in [9.17, 15) is 10.1 Å². The van der Waals surface area contributed by atoms with Gasteiger partial charge in [-0.1, -0.05) is 91.1 Å². The first-order valence-corrected chi connectivity index (χ1v) is 12.0. The van der Waals surface area contributed by atoms with Crippen molar-refractivity contribution in [2.75, 3.05) is 10.2 Å². The molecular weight excluding hydrogens is 468 g/mol. The lowest BCUT2D eigenvalue weighted by atomic mass is 9.83. The fourth-order valence-electron chi connectivity index (χ4n) is 4.66. The second-order valence-electron chi connectivity index (χ2n) is 8.69. The predicted octanol–water partition coefficient (Wildman–Crippen LogP) is 6.77. The number of benzene rings is 4. The third-order valence-electron chi connectivity index (χ3n) is 6.38. The summed E-state index contributed by atoms with van der Waals surface area (Å²) >= 11 is 6.27. The molecule has 0 aromatic heterocycles. The van der Waals surface area contributed by atoms with Crippen LogP contribution >= 0.6 is 12.2 Å². The van der Waals surface area contributed by atoms with Crippen LogP contribution in [0.5, 0.6) is 0 Å². The van der Waals surface area contributed by atoms with Gasteiger partial charge in [-0.2, -0.15) is 0 Å². The van der Waals surface area contributed by atoms with Crippen molar-refractivity contribution in [3.8, 4) is 0 Å². The molecule has 0 unspecified atom stereocenters. The highest BCUT2D eigenvalue weighted by Crippen LogP contribution is 2.44. The molecule has 1 aliphatic rings. The molecule has 0 spiro atoms. The summed E-state index contributed by atoms with van der Waals surface area (Å²) in [5, 5.41) is 14.5. The molecule has 0 atom stereocenters. The van der Waals surface area contributed by atoms with Crippen LogP contribution in [0.1, 0.15) is 22.3 Å². The highest BCUT2D eigenvalue weighted by atomic mass is 32.1. The number of rotatable bonds is 5. The van der Waals surface area contributed by atoms with E-state index in [1.807, 2.05) is 71.6 Å². The van der Waals surface area contributed by atoms with Gasteiger partial charge < -0.3 is 5.32 Å². The molecule has 0 amide bonds. The number of non-ortho nitro benzene ring substituents is 1. The SMILES string of the molecule is Cc1cccc(C)c1N1C(=S)C(c2ccccc2)(c2ccccc2)N=C1Nc1ccc([N+](=O)[O-])cc1. The van der Waals surface area contributed by atoms with Crippen LogP contribution in [-0.2, 0) is 5.54 Å². The lowest BCUT2D eigenvalue weighted by molar-refractivity contribution is -0.384. The zero-order valence-corrected chi connectivity index (χ0v) is 20.7. The minimum atomic E-state index is -0.935. The van der Waals surface area contributed by atoms with Crippen molar-refractivity contribution in [1.82, 2.24) is 0 Å². The Morgan fingerprint density at radius 3 is 1.83 bits per heavy atom. The van der Waals surface area contributed by atoms with Gasteiger partial charge in [0.15, 0.2) is 5.54 Å². The molecule has 0 fully saturated rings. The lowest BCUT2D eigenvalue weighted by Gasteiger charge is -2.31. The third kappa shape index (κ3) is 3.93. The number of hydrogen-bond donors (Lipinski definition) is 1. The van der Waals surface area contributed by atoms with E-state index in [1.54, 1.807) is 12.1 Å². The van der Waals surface area contributed by atoms with Crippen LogP contribution < -0.4 is 10.2 Å². The Morgan fingerprint density at radius 1 is 0.806 bits per heavy atom. The van der Waals surface area contributed by atoms with Crippen LogP contribution in [0.15, 0.2) is 108 Å². The Bertz CT molecular complexity index is 1410. The maximum atomic E-state index is 11.1. The summed E-state index contributed by atoms with van der Waals surface area (Å²) in [5.74, 6) is 0.555. The molecule has 4 aromatic rings. The standard InChI is InChI=1S/C29H24N4O2S/c1-20-10-9-11-21(2)26(20)32-27(36)29(22-12-5-3-6-13-22,23-14-7-4-8-15-23)31-28(32)30-24-16-18-25(19-17-24)33(34)35/h3-19H,1-2H3,(H,30,31). The van der Waals surface area contributed by atoms with Crippen molar-refractivity contribution < 1.29 is 4.92 Å². The Balaban J connectivity index is 1.73. The van der Waals surface area contributed by atoms with E-state index < -0.39 is 10.5 Å². The average Bonchev–Trinajstić information content (AvgIpc) is 3.18. The Hall–Kier alpha value is -4.36. The summed E-state index contributed by atoms with van der Waals surface area (Å²) in [6.45, 7) is 4.11. The van der Waals surface area contributed by atoms with Crippen LogP contribution in [0.3, 0.4) is 0 Å². The van der Waals surface area contributed by atoms with Gasteiger partial charge in [-0.05, 0) is 48.2 Å². The van der Waals surface area contributed by atoms with E-state index >= 15 is 0 Å². The van der Waals surface area contributed by atoms with Crippen LogP contribution in [0.2, 0.25) is 0 Å². The van der Waals surface area contributed by atoms with Gasteiger partial charge in [-0.3, -0.25) is 15.0 Å². The predicted molar refractivity (Wildman–Crippen MR) is 149 cm³/mol. The minimum Gasteiger partial charge on any atom is -0.326 e. The van der Waals surface area contributed by atoms with Crippen molar-refractivity contribution in [3.05, 3.63) is 135 Å². The van der Waals surface area contributed by atoms with Gasteiger partial charge in [0.1, 0.15) is 4.99 Å². The smallest absolute Gasteiger partial charge is 0.269 e. The number of nitrogens with one attached hydrogen (secondary N) is 1. The fraction of sp³-hybridized carbons (Fsp3) is 0.103. The van der Waals surface area contributed by atoms with E-state index in [1.165, 1.54) is 12.1 Å². The minimum absolute atomic E-state index is 0.0268. The second-order valence-corrected chi connectivity index (χ2v) is 9.07. The number of anilines is 2. The molecule has 0 saturated heterocycles. The highest BCUT2D eigenvalue weighted by Gasteiger charge is 2.49. The van der Waals surface area contributed by atoms with Crippen molar-refractivity contribution in [1.29, 1.82) is 0 Å². The Labute approximate surface area is 215 Å². The molecule has 0 saturated carbocycles. The number of aliphatic imine (C=N–C) groups is 1. The van der Waals surface area contributed by atoms with Crippen LogP contribution in [0, 0.1) is 24.0 Å². The largest absolute Gasteiger partial charge is 0.326 e. The molecule has 1 aliphatic heterocycles. The number of para-hydroxylation sites is 1. The number of nitrogens with zero attached hydrogens (tertiary/aromatic N) is 3. The van der Waals surface area contributed by atoms with Crippen molar-refractivity contribution in [2.24, 2.45) is 4.99 Å². The monoisotopic (exact) mass is 492 g/mol. The molecule has 1 heterocycles. The van der Waals surface area contributed by atoms with Crippen molar-refractivity contribution in [2.45, 2.75) is 19.4 Å². The quantitative estimate of drug-likeness (QED) is 0.189. The van der Waals surface area contributed by atoms with Gasteiger partial charge in [0.2, 0.25) is 5.96 Å². The summed E-state index contributed by atoms with van der Waals surface area (Å²) in [6, 6.07) is 32.5. The molecule has 36 heavy (non-hydrogen) atoms. The van der Waals surface area contributed by atoms with E-state index in [4.69, 9.17) is 17.2 Å². The van der Waals surface area contributed by atoms with Gasteiger partial charge >= 0.3 is 0 Å². The van der Waals surface area contributed by atoms with Gasteiger partial charge in [0.05, 0.1) is 10.6 Å². The summed E-state index contributed by atoms with van der Waals surface area (Å²) in [7, 11) is 0. The third-order valence-corrected chi connectivity index (χ3v) is 6.86. The first kappa shape index (κ1) is 23.4. The van der Waals surface area contributed by atoms with Gasteiger partial charge in [-0.25, -0.2) is 4.99 Å². The molecule has 0 bridgehead atoms. The second kappa shape index (κ2) is 9.36. The molecule has 0 radical (unpaired) electrons. The highest BCUT2D eigenvalue weighted by molar-refractivity contribution is 7.81. The van der Waals surface area contributed by atoms with E-state index in [2.05, 4.69) is 31.3 Å². The maximum absolute atomic E-state index is 11.1. The van der Waals surface area contributed by atoms with Gasteiger partial charge in [-0.15, -0.1) is 0 Å². The van der Waals surface area contributed by atoms with Crippen LogP contribution in [0.4, 0.5) is 17.1 Å². The Kier molecular flexibility index (Phi) is 6.08. The summed E-state index contributed by atoms with van der Waals surface area (Å²) in [6.07, 6.45) is 0. The zero-order valence-electron chi connectivity index (χ0n) is 19.9. The zero-order chi connectivity index (χ0) is 25.3. The van der Waals surface area contributed by atoms with Crippen molar-refractivity contribution >= 4 is 40.2 Å². The number of nitro groups is 1. The lowest BCUT2D eigenvalue weighted by Crippen LogP contribution is -2.42. The maximum Gasteiger partial charge on any atom is 0.269 e. The molecule has 5 rings (SSSR count). The molecule has 7 heteroatoms. The van der Waals surface area contributed by atoms with Crippen molar-refractivity contribution in [3.63, 3.8) is 0 Å². The average molecular weight is 493 g/mol. The molecule has 178 valence electrons. The van der Waals surface area contributed by atoms with E-state index in [0.29, 0.717) is 16.6 Å². The molecule has 1 N–H and O–H groups in total. The van der Waals surface area contributed by atoms with Crippen LogP contribution in [0.25, 0.3) is 0 Å². The number of hydrogen-bond acceptors (Lipinski definition) is 5. The van der Waals surface area contributed by atoms with Gasteiger partial charge in [0, 0.05) is 17.8 Å². The summed E-state index contributed by atoms with van der Waals surface area (Å²) in [5.41, 5.74) is 4.77. The first-order valence-electron chi connectivity index (χ1n) is 11.5. The van der Waals surface area contributed by atoms with Crippen LogP contribution in [-0.4, -0.2) is 15.9 Å². The summed E-state index contributed by atoms with van der Waals surface area (Å²) < 4.78 is 0. The molecular formula is C29H24N4O2S. The van der Waals surface area contributed by atoms with E-state index in [-0.39, 0.29) is 5.69 Å².